The van der Waals surface area contributed by atoms with Crippen molar-refractivity contribution in [2.24, 2.45) is 0 Å². The molecule has 122 valence electrons. The number of ether oxygens (including phenoxy) is 2. The van der Waals surface area contributed by atoms with Gasteiger partial charge >= 0.3 is 5.97 Å². The minimum Gasteiger partial charge on any atom is -0.489 e. The predicted molar refractivity (Wildman–Crippen MR) is 89.7 cm³/mol. The fraction of sp³-hybridized carbons (Fsp3) is 0.278. The Balaban J connectivity index is 2.12. The second kappa shape index (κ2) is 7.38. The van der Waals surface area contributed by atoms with E-state index in [1.54, 1.807) is 18.2 Å². The number of halogens is 1. The first-order valence-corrected chi connectivity index (χ1v) is 7.61. The lowest BCUT2D eigenvalue weighted by Gasteiger charge is -2.19. The smallest absolute Gasteiger partial charge is 0.348 e. The van der Waals surface area contributed by atoms with Crippen LogP contribution in [0.3, 0.4) is 0 Å². The first-order chi connectivity index (χ1) is 10.9. The summed E-state index contributed by atoms with van der Waals surface area (Å²) < 4.78 is 11.3. The van der Waals surface area contributed by atoms with E-state index in [2.05, 4.69) is 0 Å². The zero-order chi connectivity index (χ0) is 17.0. The van der Waals surface area contributed by atoms with Crippen LogP contribution in [0.1, 0.15) is 16.7 Å². The first kappa shape index (κ1) is 17.2. The summed E-state index contributed by atoms with van der Waals surface area (Å²) in [4.78, 5) is 11.5. The summed E-state index contributed by atoms with van der Waals surface area (Å²) >= 11 is 5.90. The summed E-state index contributed by atoms with van der Waals surface area (Å²) in [5.41, 5.74) is 2.62. The molecule has 2 rings (SSSR count). The minimum absolute atomic E-state index is 0.0917. The van der Waals surface area contributed by atoms with E-state index < -0.39 is 12.1 Å². The second-order valence-corrected chi connectivity index (χ2v) is 5.82. The summed E-state index contributed by atoms with van der Waals surface area (Å²) in [6.07, 6.45) is -1.09. The Bertz CT molecular complexity index is 692. The molecule has 2 aromatic rings. The van der Waals surface area contributed by atoms with Crippen LogP contribution < -0.4 is 9.47 Å². The lowest BCUT2D eigenvalue weighted by molar-refractivity contribution is -0.146. The van der Waals surface area contributed by atoms with Gasteiger partial charge in [0.2, 0.25) is 6.10 Å². The zero-order valence-electron chi connectivity index (χ0n) is 13.3. The van der Waals surface area contributed by atoms with Gasteiger partial charge in [0.15, 0.2) is 0 Å². The molecule has 0 saturated carbocycles. The van der Waals surface area contributed by atoms with Gasteiger partial charge < -0.3 is 14.6 Å². The molecule has 0 saturated heterocycles. The fourth-order valence-corrected chi connectivity index (χ4v) is 2.45. The lowest BCUT2D eigenvalue weighted by Crippen LogP contribution is -2.34. The predicted octanol–water partition coefficient (Wildman–Crippen LogP) is 4.18. The number of carbonyl (C=O) groups is 1. The van der Waals surface area contributed by atoms with E-state index in [9.17, 15) is 9.90 Å². The van der Waals surface area contributed by atoms with Crippen LogP contribution in [0.25, 0.3) is 0 Å². The van der Waals surface area contributed by atoms with Gasteiger partial charge in [-0.25, -0.2) is 4.79 Å². The van der Waals surface area contributed by atoms with Gasteiger partial charge in [-0.05, 0) is 55.7 Å². The van der Waals surface area contributed by atoms with Crippen LogP contribution >= 0.6 is 11.6 Å². The van der Waals surface area contributed by atoms with Crippen LogP contribution in [-0.2, 0) is 4.79 Å². The second-order valence-electron chi connectivity index (χ2n) is 5.39. The molecule has 0 fully saturated rings. The molecule has 0 aliphatic heterocycles. The molecule has 1 atom stereocenters. The van der Waals surface area contributed by atoms with Crippen molar-refractivity contribution in [1.82, 2.24) is 0 Å². The van der Waals surface area contributed by atoms with Crippen molar-refractivity contribution >= 4 is 17.6 Å². The molecule has 0 aliphatic rings. The Morgan fingerprint density at radius 2 is 1.78 bits per heavy atom. The zero-order valence-corrected chi connectivity index (χ0v) is 14.1. The van der Waals surface area contributed by atoms with Crippen LogP contribution in [-0.4, -0.2) is 23.8 Å². The van der Waals surface area contributed by atoms with Gasteiger partial charge in [0, 0.05) is 5.02 Å². The normalized spacial score (nSPS) is 11.8. The molecule has 0 aromatic heterocycles. The van der Waals surface area contributed by atoms with Gasteiger partial charge in [-0.2, -0.15) is 0 Å². The lowest BCUT2D eigenvalue weighted by atomic mass is 10.1. The van der Waals surface area contributed by atoms with E-state index in [1.807, 2.05) is 39.0 Å². The fourth-order valence-electron chi connectivity index (χ4n) is 2.22. The van der Waals surface area contributed by atoms with E-state index in [1.165, 1.54) is 0 Å². The van der Waals surface area contributed by atoms with Crippen molar-refractivity contribution in [3.05, 3.63) is 58.1 Å². The summed E-state index contributed by atoms with van der Waals surface area (Å²) in [6.45, 7) is 5.52. The third kappa shape index (κ3) is 4.39. The summed E-state index contributed by atoms with van der Waals surface area (Å²) in [6, 6.07) is 10.8. The molecule has 0 spiro atoms. The first-order valence-electron chi connectivity index (χ1n) is 7.23. The van der Waals surface area contributed by atoms with Crippen LogP contribution in [0.5, 0.6) is 11.5 Å². The molecule has 0 heterocycles. The van der Waals surface area contributed by atoms with E-state index >= 15 is 0 Å². The van der Waals surface area contributed by atoms with Gasteiger partial charge in [0.25, 0.3) is 0 Å². The molecule has 1 unspecified atom stereocenters. The molecular formula is C18H19ClO4. The number of aryl methyl sites for hydroxylation is 3. The minimum atomic E-state index is -1.09. The van der Waals surface area contributed by atoms with Crippen LogP contribution in [0.15, 0.2) is 36.4 Å². The number of aliphatic carboxylic acids is 1. The van der Waals surface area contributed by atoms with Crippen LogP contribution in [0.2, 0.25) is 5.02 Å². The number of carboxylic acid groups (broad SMARTS) is 1. The quantitative estimate of drug-likeness (QED) is 0.861. The van der Waals surface area contributed by atoms with Crippen molar-refractivity contribution in [2.75, 3.05) is 6.61 Å². The molecule has 0 amide bonds. The van der Waals surface area contributed by atoms with Crippen molar-refractivity contribution in [1.29, 1.82) is 0 Å². The molecule has 4 nitrogen and oxygen atoms in total. The van der Waals surface area contributed by atoms with Gasteiger partial charge in [-0.15, -0.1) is 0 Å². The Morgan fingerprint density at radius 1 is 1.13 bits per heavy atom. The maximum Gasteiger partial charge on any atom is 0.348 e. The van der Waals surface area contributed by atoms with Gasteiger partial charge in [0.05, 0.1) is 0 Å². The van der Waals surface area contributed by atoms with Gasteiger partial charge in [-0.1, -0.05) is 29.8 Å². The third-order valence-corrected chi connectivity index (χ3v) is 3.71. The number of hydrogen-bond acceptors (Lipinski definition) is 3. The number of benzene rings is 2. The number of hydrogen-bond donors (Lipinski definition) is 1. The van der Waals surface area contributed by atoms with E-state index in [-0.39, 0.29) is 6.61 Å². The maximum absolute atomic E-state index is 11.5. The summed E-state index contributed by atoms with van der Waals surface area (Å²) in [5.74, 6) is 0.0985. The molecule has 0 bridgehead atoms. The highest BCUT2D eigenvalue weighted by atomic mass is 35.5. The topological polar surface area (TPSA) is 55.8 Å². The molecule has 2 aromatic carbocycles. The number of para-hydroxylation sites is 1. The Morgan fingerprint density at radius 3 is 2.35 bits per heavy atom. The standard InChI is InChI=1S/C18H19ClO4/c1-11-5-4-6-12(2)17(11)23-16(18(20)21)10-22-15-8-7-14(19)9-13(15)3/h4-9,16H,10H2,1-3H3,(H,20,21). The van der Waals surface area contributed by atoms with Crippen molar-refractivity contribution in [2.45, 2.75) is 26.9 Å². The van der Waals surface area contributed by atoms with E-state index in [0.29, 0.717) is 16.5 Å². The maximum atomic E-state index is 11.5. The van der Waals surface area contributed by atoms with Crippen molar-refractivity contribution in [3.63, 3.8) is 0 Å². The monoisotopic (exact) mass is 334 g/mol. The Labute approximate surface area is 140 Å². The van der Waals surface area contributed by atoms with E-state index in [0.717, 1.165) is 16.7 Å². The molecule has 0 radical (unpaired) electrons. The average molecular weight is 335 g/mol. The molecule has 5 heteroatoms. The molecule has 23 heavy (non-hydrogen) atoms. The molecule has 0 aliphatic carbocycles. The summed E-state index contributed by atoms with van der Waals surface area (Å²) in [7, 11) is 0. The highest BCUT2D eigenvalue weighted by Gasteiger charge is 2.22. The van der Waals surface area contributed by atoms with Crippen LogP contribution in [0.4, 0.5) is 0 Å². The Kier molecular flexibility index (Phi) is 5.50. The van der Waals surface area contributed by atoms with E-state index in [4.69, 9.17) is 21.1 Å². The summed E-state index contributed by atoms with van der Waals surface area (Å²) in [5, 5.41) is 9.99. The Hall–Kier alpha value is -2.20. The highest BCUT2D eigenvalue weighted by molar-refractivity contribution is 6.30. The van der Waals surface area contributed by atoms with Crippen LogP contribution in [0, 0.1) is 20.8 Å². The SMILES string of the molecule is Cc1cc(Cl)ccc1OCC(Oc1c(C)cccc1C)C(=O)O. The molecule has 1 N–H and O–H groups in total. The number of rotatable bonds is 6. The third-order valence-electron chi connectivity index (χ3n) is 3.47. The van der Waals surface area contributed by atoms with Crippen molar-refractivity contribution in [3.8, 4) is 11.5 Å². The van der Waals surface area contributed by atoms with Crippen molar-refractivity contribution < 1.29 is 19.4 Å². The van der Waals surface area contributed by atoms with Gasteiger partial charge in [-0.3, -0.25) is 0 Å². The highest BCUT2D eigenvalue weighted by Crippen LogP contribution is 2.25. The average Bonchev–Trinajstić information content (AvgIpc) is 2.47. The number of carboxylic acids is 1. The largest absolute Gasteiger partial charge is 0.489 e. The van der Waals surface area contributed by atoms with Gasteiger partial charge in [0.1, 0.15) is 18.1 Å². The molecular weight excluding hydrogens is 316 g/mol.